The van der Waals surface area contributed by atoms with E-state index in [0.717, 1.165) is 53.8 Å². The van der Waals surface area contributed by atoms with Crippen LogP contribution in [0.1, 0.15) is 37.0 Å². The van der Waals surface area contributed by atoms with Gasteiger partial charge in [-0.2, -0.15) is 0 Å². The van der Waals surface area contributed by atoms with Gasteiger partial charge in [-0.05, 0) is 86.7 Å². The highest BCUT2D eigenvalue weighted by atomic mass is 16.5. The molecule has 0 spiro atoms. The number of nitrogens with one attached hydrogen (secondary N) is 2. The average molecular weight is 465 g/mol. The molecule has 7 nitrogen and oxygen atoms in total. The van der Waals surface area contributed by atoms with Crippen LogP contribution >= 0.6 is 0 Å². The van der Waals surface area contributed by atoms with Gasteiger partial charge in [0, 0.05) is 17.8 Å². The molecule has 0 atom stereocenters. The van der Waals surface area contributed by atoms with Crippen molar-refractivity contribution in [3.63, 3.8) is 0 Å². The predicted octanol–water partition coefficient (Wildman–Crippen LogP) is 4.92. The van der Waals surface area contributed by atoms with Crippen LogP contribution in [0, 0.1) is 13.8 Å². The maximum atomic E-state index is 13.2. The number of H-pyrrole nitrogens is 1. The lowest BCUT2D eigenvalue weighted by Gasteiger charge is -2.25. The summed E-state index contributed by atoms with van der Waals surface area (Å²) in [5.74, 6) is 0.724. The number of amides is 2. The Morgan fingerprint density at radius 1 is 1.03 bits per heavy atom. The number of methoxy groups -OCH3 is 1. The van der Waals surface area contributed by atoms with Crippen molar-refractivity contribution in [2.45, 2.75) is 40.7 Å². The van der Waals surface area contributed by atoms with Crippen LogP contribution < -0.4 is 15.6 Å². The fourth-order valence-electron chi connectivity index (χ4n) is 4.05. The molecule has 7 heteroatoms. The van der Waals surface area contributed by atoms with Gasteiger partial charge in [0.15, 0.2) is 0 Å². The van der Waals surface area contributed by atoms with Crippen molar-refractivity contribution >= 4 is 22.6 Å². The van der Waals surface area contributed by atoms with E-state index < -0.39 is 0 Å². The van der Waals surface area contributed by atoms with Crippen molar-refractivity contribution in [3.8, 4) is 5.75 Å². The standard InChI is InChI=1S/C27H36N4O3/c1-6-30(7-2)15-8-16-31(27(33)28-23-11-13-24(34-5)14-12-23)18-22-17-21-10-9-19(3)20(4)25(21)29-26(22)32/h9-14,17H,6-8,15-16,18H2,1-5H3,(H,28,33)(H,29,32). The minimum atomic E-state index is -0.232. The summed E-state index contributed by atoms with van der Waals surface area (Å²) in [6, 6.07) is 13.0. The largest absolute Gasteiger partial charge is 0.497 e. The van der Waals surface area contributed by atoms with E-state index in [0.29, 0.717) is 17.8 Å². The third-order valence-corrected chi connectivity index (χ3v) is 6.41. The zero-order valence-electron chi connectivity index (χ0n) is 20.9. The summed E-state index contributed by atoms with van der Waals surface area (Å²) >= 11 is 0. The molecule has 2 aromatic carbocycles. The quantitative estimate of drug-likeness (QED) is 0.446. The van der Waals surface area contributed by atoms with E-state index in [9.17, 15) is 9.59 Å². The van der Waals surface area contributed by atoms with Crippen LogP contribution in [-0.2, 0) is 6.54 Å². The van der Waals surface area contributed by atoms with E-state index in [1.165, 1.54) is 0 Å². The molecule has 0 unspecified atom stereocenters. The molecular weight excluding hydrogens is 428 g/mol. The number of aryl methyl sites for hydroxylation is 2. The average Bonchev–Trinajstić information content (AvgIpc) is 2.84. The van der Waals surface area contributed by atoms with E-state index in [-0.39, 0.29) is 18.1 Å². The molecule has 0 aliphatic rings. The topological polar surface area (TPSA) is 77.7 Å². The van der Waals surface area contributed by atoms with Crippen molar-refractivity contribution < 1.29 is 9.53 Å². The molecule has 0 radical (unpaired) electrons. The highest BCUT2D eigenvalue weighted by molar-refractivity contribution is 5.89. The van der Waals surface area contributed by atoms with Crippen LogP contribution in [0.5, 0.6) is 5.75 Å². The number of fused-ring (bicyclic) bond motifs is 1. The molecule has 2 N–H and O–H groups in total. The summed E-state index contributed by atoms with van der Waals surface area (Å²) in [5, 5.41) is 3.93. The third-order valence-electron chi connectivity index (χ3n) is 6.41. The molecule has 2 amide bonds. The fraction of sp³-hybridized carbons (Fsp3) is 0.407. The molecule has 0 fully saturated rings. The Bertz CT molecular complexity index is 1170. The first-order valence-corrected chi connectivity index (χ1v) is 11.9. The Hall–Kier alpha value is -3.32. The molecule has 3 rings (SSSR count). The monoisotopic (exact) mass is 464 g/mol. The minimum absolute atomic E-state index is 0.160. The van der Waals surface area contributed by atoms with Gasteiger partial charge in [0.25, 0.3) is 5.56 Å². The van der Waals surface area contributed by atoms with Crippen molar-refractivity contribution in [1.82, 2.24) is 14.8 Å². The maximum absolute atomic E-state index is 13.2. The van der Waals surface area contributed by atoms with Gasteiger partial charge in [-0.3, -0.25) is 4.79 Å². The number of benzene rings is 2. The Morgan fingerprint density at radius 3 is 2.38 bits per heavy atom. The van der Waals surface area contributed by atoms with Gasteiger partial charge in [-0.15, -0.1) is 0 Å². The lowest BCUT2D eigenvalue weighted by molar-refractivity contribution is 0.202. The smallest absolute Gasteiger partial charge is 0.322 e. The SMILES string of the molecule is CCN(CC)CCCN(Cc1cc2ccc(C)c(C)c2[nH]c1=O)C(=O)Nc1ccc(OC)cc1. The normalized spacial score (nSPS) is 11.1. The number of aromatic nitrogens is 1. The number of ether oxygens (including phenoxy) is 1. The van der Waals surface area contributed by atoms with E-state index in [2.05, 4.69) is 35.1 Å². The number of urea groups is 1. The lowest BCUT2D eigenvalue weighted by atomic mass is 10.0. The molecule has 34 heavy (non-hydrogen) atoms. The zero-order chi connectivity index (χ0) is 24.7. The van der Waals surface area contributed by atoms with Gasteiger partial charge in [0.05, 0.1) is 19.2 Å². The van der Waals surface area contributed by atoms with E-state index in [4.69, 9.17) is 4.74 Å². The molecule has 0 aliphatic heterocycles. The molecular formula is C27H36N4O3. The van der Waals surface area contributed by atoms with Crippen LogP contribution in [0.25, 0.3) is 10.9 Å². The summed E-state index contributed by atoms with van der Waals surface area (Å²) in [5.41, 5.74) is 4.14. The highest BCUT2D eigenvalue weighted by Gasteiger charge is 2.17. The number of carbonyl (C=O) groups excluding carboxylic acids is 1. The van der Waals surface area contributed by atoms with Gasteiger partial charge < -0.3 is 24.8 Å². The van der Waals surface area contributed by atoms with Crippen LogP contribution in [-0.4, -0.2) is 54.1 Å². The molecule has 0 aliphatic carbocycles. The number of carbonyl (C=O) groups is 1. The predicted molar refractivity (Wildman–Crippen MR) is 139 cm³/mol. The van der Waals surface area contributed by atoms with Gasteiger partial charge >= 0.3 is 6.03 Å². The van der Waals surface area contributed by atoms with Gasteiger partial charge in [0.2, 0.25) is 0 Å². The van der Waals surface area contributed by atoms with Crippen LogP contribution in [0.3, 0.4) is 0 Å². The van der Waals surface area contributed by atoms with E-state index >= 15 is 0 Å². The Labute approximate surface area is 201 Å². The fourth-order valence-corrected chi connectivity index (χ4v) is 4.05. The Balaban J connectivity index is 1.83. The first-order valence-electron chi connectivity index (χ1n) is 11.9. The molecule has 1 heterocycles. The Morgan fingerprint density at radius 2 is 1.74 bits per heavy atom. The number of pyridine rings is 1. The summed E-state index contributed by atoms with van der Waals surface area (Å²) in [6.45, 7) is 11.9. The Kier molecular flexibility index (Phi) is 8.71. The molecule has 182 valence electrons. The van der Waals surface area contributed by atoms with Crippen molar-refractivity contribution in [3.05, 3.63) is 69.5 Å². The molecule has 1 aromatic heterocycles. The van der Waals surface area contributed by atoms with E-state index in [1.54, 1.807) is 36.3 Å². The van der Waals surface area contributed by atoms with Crippen LogP contribution in [0.15, 0.2) is 47.3 Å². The zero-order valence-corrected chi connectivity index (χ0v) is 20.9. The summed E-state index contributed by atoms with van der Waals surface area (Å²) in [7, 11) is 1.61. The summed E-state index contributed by atoms with van der Waals surface area (Å²) in [4.78, 5) is 33.2. The first-order chi connectivity index (χ1) is 16.4. The third kappa shape index (κ3) is 6.17. The number of anilines is 1. The minimum Gasteiger partial charge on any atom is -0.497 e. The van der Waals surface area contributed by atoms with Gasteiger partial charge in [-0.1, -0.05) is 26.0 Å². The van der Waals surface area contributed by atoms with Crippen molar-refractivity contribution in [2.75, 3.05) is 38.6 Å². The second-order valence-corrected chi connectivity index (χ2v) is 8.56. The number of hydrogen-bond donors (Lipinski definition) is 2. The molecule has 0 saturated heterocycles. The first kappa shape index (κ1) is 25.3. The number of rotatable bonds is 10. The lowest BCUT2D eigenvalue weighted by Crippen LogP contribution is -2.38. The van der Waals surface area contributed by atoms with Crippen LogP contribution in [0.2, 0.25) is 0 Å². The van der Waals surface area contributed by atoms with Crippen LogP contribution in [0.4, 0.5) is 10.5 Å². The molecule has 0 saturated carbocycles. The number of nitrogens with zero attached hydrogens (tertiary/aromatic N) is 2. The van der Waals surface area contributed by atoms with Gasteiger partial charge in [-0.25, -0.2) is 4.79 Å². The van der Waals surface area contributed by atoms with Gasteiger partial charge in [0.1, 0.15) is 5.75 Å². The van der Waals surface area contributed by atoms with Crippen molar-refractivity contribution in [2.24, 2.45) is 0 Å². The maximum Gasteiger partial charge on any atom is 0.322 e. The van der Waals surface area contributed by atoms with E-state index in [1.807, 2.05) is 26.0 Å². The molecule has 3 aromatic rings. The molecule has 0 bridgehead atoms. The summed E-state index contributed by atoms with van der Waals surface area (Å²) in [6.07, 6.45) is 0.821. The van der Waals surface area contributed by atoms with Crippen molar-refractivity contribution in [1.29, 1.82) is 0 Å². The number of aromatic amines is 1. The summed E-state index contributed by atoms with van der Waals surface area (Å²) < 4.78 is 5.20. The second-order valence-electron chi connectivity index (χ2n) is 8.56. The number of hydrogen-bond acceptors (Lipinski definition) is 4. The second kappa shape index (κ2) is 11.7. The highest BCUT2D eigenvalue weighted by Crippen LogP contribution is 2.20.